The third-order valence-corrected chi connectivity index (χ3v) is 7.00. The van der Waals surface area contributed by atoms with Crippen LogP contribution in [0.2, 0.25) is 0 Å². The third-order valence-electron chi connectivity index (χ3n) is 7.00. The lowest BCUT2D eigenvalue weighted by Crippen LogP contribution is -2.16. The first-order chi connectivity index (χ1) is 17.7. The molecule has 0 aromatic heterocycles. The summed E-state index contributed by atoms with van der Waals surface area (Å²) in [5.41, 5.74) is 4.45. The number of hydrogen-bond donors (Lipinski definition) is 0. The molecule has 2 aliphatic rings. The van der Waals surface area contributed by atoms with Crippen LogP contribution in [0.25, 0.3) is 33.4 Å². The Morgan fingerprint density at radius 3 is 2.35 bits per heavy atom. The summed E-state index contributed by atoms with van der Waals surface area (Å²) < 4.78 is 6.07. The number of Topliss-reactive ketones (excluding diaryl/α,β-unsaturated/α-hetero) is 3. The van der Waals surface area contributed by atoms with Crippen molar-refractivity contribution in [2.24, 2.45) is 5.92 Å². The number of fused-ring (bicyclic) bond motifs is 2. The molecule has 2 aromatic carbocycles. The third kappa shape index (κ3) is 5.61. The first-order valence-electron chi connectivity index (χ1n) is 12.9. The van der Waals surface area contributed by atoms with Crippen LogP contribution in [0, 0.1) is 12.8 Å². The number of aryl methyl sites for hydroxylation is 1. The normalized spacial score (nSPS) is 12.1. The van der Waals surface area contributed by atoms with Crippen molar-refractivity contribution in [3.05, 3.63) is 81.5 Å². The van der Waals surface area contributed by atoms with Crippen LogP contribution in [-0.2, 0) is 4.79 Å². The number of carbonyl (C=O) groups excluding carboxylic acids is 3. The zero-order valence-corrected chi connectivity index (χ0v) is 21.9. The van der Waals surface area contributed by atoms with Gasteiger partial charge in [0.25, 0.3) is 0 Å². The van der Waals surface area contributed by atoms with Gasteiger partial charge in [0, 0.05) is 46.0 Å². The van der Waals surface area contributed by atoms with Gasteiger partial charge in [-0.05, 0) is 62.6 Å². The summed E-state index contributed by atoms with van der Waals surface area (Å²) in [7, 11) is 0. The molecule has 5 nitrogen and oxygen atoms in total. The summed E-state index contributed by atoms with van der Waals surface area (Å²) in [5, 5.41) is 0.811. The second-order valence-corrected chi connectivity index (χ2v) is 9.88. The van der Waals surface area contributed by atoms with Gasteiger partial charge in [-0.3, -0.25) is 19.2 Å². The van der Waals surface area contributed by atoms with Gasteiger partial charge in [-0.25, -0.2) is 0 Å². The van der Waals surface area contributed by atoms with Gasteiger partial charge in [0.15, 0.2) is 17.0 Å². The molecule has 0 amide bonds. The highest BCUT2D eigenvalue weighted by atomic mass is 16.3. The van der Waals surface area contributed by atoms with E-state index < -0.39 is 0 Å². The molecule has 2 aromatic rings. The van der Waals surface area contributed by atoms with Gasteiger partial charge >= 0.3 is 0 Å². The van der Waals surface area contributed by atoms with Gasteiger partial charge in [-0.15, -0.1) is 0 Å². The SMILES string of the molecule is CCCCCC(CC(=O)c1ccc(-c2c3ccc(=O)cc-3oc3cc(C)ccc23)c(C(C)=O)c1)C(C)=O. The highest BCUT2D eigenvalue weighted by molar-refractivity contribution is 6.11. The van der Waals surface area contributed by atoms with E-state index in [-0.39, 0.29) is 35.1 Å². The van der Waals surface area contributed by atoms with Crippen LogP contribution in [-0.4, -0.2) is 17.3 Å². The van der Waals surface area contributed by atoms with Crippen LogP contribution in [0.5, 0.6) is 0 Å². The van der Waals surface area contributed by atoms with Gasteiger partial charge in [0.1, 0.15) is 17.1 Å². The number of rotatable bonds is 10. The Hall–Kier alpha value is -3.86. The lowest BCUT2D eigenvalue weighted by molar-refractivity contribution is -0.120. The van der Waals surface area contributed by atoms with Gasteiger partial charge in [0.2, 0.25) is 0 Å². The summed E-state index contributed by atoms with van der Waals surface area (Å²) >= 11 is 0. The van der Waals surface area contributed by atoms with Crippen LogP contribution in [0.1, 0.15) is 79.2 Å². The van der Waals surface area contributed by atoms with E-state index in [0.29, 0.717) is 40.0 Å². The monoisotopic (exact) mass is 496 g/mol. The largest absolute Gasteiger partial charge is 0.456 e. The molecule has 1 aliphatic heterocycles. The van der Waals surface area contributed by atoms with Gasteiger partial charge in [-0.1, -0.05) is 50.5 Å². The molecule has 0 bridgehead atoms. The average molecular weight is 497 g/mol. The van der Waals surface area contributed by atoms with E-state index in [1.165, 1.54) is 19.1 Å². The van der Waals surface area contributed by atoms with Crippen LogP contribution in [0.3, 0.4) is 0 Å². The maximum absolute atomic E-state index is 13.2. The fourth-order valence-corrected chi connectivity index (χ4v) is 4.93. The van der Waals surface area contributed by atoms with E-state index in [1.54, 1.807) is 31.2 Å². The molecule has 0 N–H and O–H groups in total. The fourth-order valence-electron chi connectivity index (χ4n) is 4.93. The number of ketones is 3. The Bertz CT molecular complexity index is 1520. The molecule has 1 heterocycles. The summed E-state index contributed by atoms with van der Waals surface area (Å²) in [6.45, 7) is 7.08. The zero-order chi connectivity index (χ0) is 26.7. The first-order valence-corrected chi connectivity index (χ1v) is 12.9. The maximum Gasteiger partial charge on any atom is 0.182 e. The van der Waals surface area contributed by atoms with Crippen LogP contribution in [0.15, 0.2) is 63.8 Å². The lowest BCUT2D eigenvalue weighted by Gasteiger charge is -2.18. The predicted octanol–water partition coefficient (Wildman–Crippen LogP) is 7.43. The Balaban J connectivity index is 1.83. The lowest BCUT2D eigenvalue weighted by atomic mass is 9.86. The number of unbranched alkanes of at least 4 members (excludes halogenated alkanes) is 2. The minimum Gasteiger partial charge on any atom is -0.456 e. The highest BCUT2D eigenvalue weighted by Gasteiger charge is 2.24. The quantitative estimate of drug-likeness (QED) is 0.129. The minimum absolute atomic E-state index is 0.0203. The van der Waals surface area contributed by atoms with Gasteiger partial charge in [-0.2, -0.15) is 0 Å². The molecule has 190 valence electrons. The van der Waals surface area contributed by atoms with Crippen molar-refractivity contribution in [3.8, 4) is 22.5 Å². The molecule has 0 spiro atoms. The topological polar surface area (TPSA) is 81.4 Å². The van der Waals surface area contributed by atoms with Gasteiger partial charge < -0.3 is 4.42 Å². The van der Waals surface area contributed by atoms with Crippen molar-refractivity contribution < 1.29 is 18.8 Å². The van der Waals surface area contributed by atoms with E-state index in [4.69, 9.17) is 4.42 Å². The number of benzene rings is 3. The Labute approximate surface area is 216 Å². The van der Waals surface area contributed by atoms with E-state index in [2.05, 4.69) is 6.92 Å². The minimum atomic E-state index is -0.312. The van der Waals surface area contributed by atoms with Gasteiger partial charge in [0.05, 0.1) is 0 Å². The van der Waals surface area contributed by atoms with Crippen molar-refractivity contribution in [2.75, 3.05) is 0 Å². The van der Waals surface area contributed by atoms with E-state index in [9.17, 15) is 19.2 Å². The van der Waals surface area contributed by atoms with Crippen molar-refractivity contribution in [2.45, 2.75) is 59.8 Å². The smallest absolute Gasteiger partial charge is 0.182 e. The second kappa shape index (κ2) is 11.0. The molecule has 4 rings (SSSR count). The molecule has 37 heavy (non-hydrogen) atoms. The number of hydrogen-bond acceptors (Lipinski definition) is 5. The van der Waals surface area contributed by atoms with Crippen LogP contribution >= 0.6 is 0 Å². The molecule has 5 heteroatoms. The summed E-state index contributed by atoms with van der Waals surface area (Å²) in [4.78, 5) is 50.3. The molecular weight excluding hydrogens is 464 g/mol. The van der Waals surface area contributed by atoms with Crippen LogP contribution in [0.4, 0.5) is 0 Å². The molecule has 1 unspecified atom stereocenters. The van der Waals surface area contributed by atoms with Crippen molar-refractivity contribution >= 4 is 28.3 Å². The standard InChI is InChI=1S/C32H32O5/c1-5-6-7-8-22(20(3)33)17-29(36)23-10-13-25(28(16-23)21(4)34)32-26-12-9-19(2)15-30(26)37-31-18-24(35)11-14-27(31)32/h9-16,18,22H,5-8,17H2,1-4H3. The second-order valence-electron chi connectivity index (χ2n) is 9.88. The molecule has 0 saturated carbocycles. The molecule has 1 atom stereocenters. The van der Waals surface area contributed by atoms with E-state index >= 15 is 0 Å². The predicted molar refractivity (Wildman–Crippen MR) is 147 cm³/mol. The summed E-state index contributed by atoms with van der Waals surface area (Å²) in [5.74, 6) is -0.174. The Kier molecular flexibility index (Phi) is 7.82. The molecule has 0 saturated heterocycles. The fraction of sp³-hybridized carbons (Fsp3) is 0.312. The Morgan fingerprint density at radius 2 is 1.65 bits per heavy atom. The van der Waals surface area contributed by atoms with Crippen molar-refractivity contribution in [3.63, 3.8) is 0 Å². The highest BCUT2D eigenvalue weighted by Crippen LogP contribution is 2.41. The number of carbonyl (C=O) groups is 3. The van der Waals surface area contributed by atoms with E-state index in [0.717, 1.165) is 35.8 Å². The van der Waals surface area contributed by atoms with Crippen molar-refractivity contribution in [1.29, 1.82) is 0 Å². The molecular formula is C32H32O5. The maximum atomic E-state index is 13.2. The molecule has 0 fully saturated rings. The molecule has 0 radical (unpaired) electrons. The first kappa shape index (κ1) is 26.2. The van der Waals surface area contributed by atoms with E-state index in [1.807, 2.05) is 25.1 Å². The average Bonchev–Trinajstić information content (AvgIpc) is 2.86. The van der Waals surface area contributed by atoms with Crippen LogP contribution < -0.4 is 5.43 Å². The zero-order valence-electron chi connectivity index (χ0n) is 21.9. The summed E-state index contributed by atoms with van der Waals surface area (Å²) in [6.07, 6.45) is 3.82. The Morgan fingerprint density at radius 1 is 0.892 bits per heavy atom. The summed E-state index contributed by atoms with van der Waals surface area (Å²) in [6, 6.07) is 15.6. The molecule has 1 aliphatic carbocycles. The van der Waals surface area contributed by atoms with Crippen molar-refractivity contribution in [1.82, 2.24) is 0 Å².